The molecule has 2 aliphatic rings. The lowest BCUT2D eigenvalue weighted by Crippen LogP contribution is -2.56. The average Bonchev–Trinajstić information content (AvgIpc) is 2.82. The lowest BCUT2D eigenvalue weighted by atomic mass is 10.1. The summed E-state index contributed by atoms with van der Waals surface area (Å²) in [6.07, 6.45) is 0. The van der Waals surface area contributed by atoms with Crippen molar-refractivity contribution in [3.05, 3.63) is 53.8 Å². The first-order valence-electron chi connectivity index (χ1n) is 10.8. The maximum absolute atomic E-state index is 13.3. The molecule has 1 atom stereocenters. The van der Waals surface area contributed by atoms with E-state index >= 15 is 0 Å². The van der Waals surface area contributed by atoms with Gasteiger partial charge in [0.05, 0.1) is 5.69 Å². The summed E-state index contributed by atoms with van der Waals surface area (Å²) in [5, 5.41) is 0. The van der Waals surface area contributed by atoms with Gasteiger partial charge in [0.25, 0.3) is 5.91 Å². The summed E-state index contributed by atoms with van der Waals surface area (Å²) in [4.78, 5) is 43.9. The van der Waals surface area contributed by atoms with Crippen LogP contribution in [-0.2, 0) is 9.59 Å². The molecule has 0 radical (unpaired) electrons. The molecule has 1 saturated heterocycles. The number of ether oxygens (including phenoxy) is 2. The van der Waals surface area contributed by atoms with Crippen LogP contribution in [0, 0.1) is 5.82 Å². The number of carbonyl (C=O) groups excluding carboxylic acids is 3. The molecule has 9 heteroatoms. The fraction of sp³-hybridized carbons (Fsp3) is 0.375. The Morgan fingerprint density at radius 1 is 1.12 bits per heavy atom. The van der Waals surface area contributed by atoms with Crippen LogP contribution in [0.2, 0.25) is 0 Å². The molecule has 0 aliphatic carbocycles. The molecule has 2 aromatic carbocycles. The summed E-state index contributed by atoms with van der Waals surface area (Å²) in [7, 11) is 2.00. The van der Waals surface area contributed by atoms with Gasteiger partial charge in [0.2, 0.25) is 5.91 Å². The Bertz CT molecular complexity index is 1070. The lowest BCUT2D eigenvalue weighted by Gasteiger charge is -2.38. The van der Waals surface area contributed by atoms with Crippen molar-refractivity contribution in [1.82, 2.24) is 9.80 Å². The van der Waals surface area contributed by atoms with Crippen LogP contribution < -0.4 is 14.4 Å². The van der Waals surface area contributed by atoms with E-state index in [2.05, 4.69) is 4.90 Å². The van der Waals surface area contributed by atoms with Crippen molar-refractivity contribution in [2.24, 2.45) is 0 Å². The predicted molar refractivity (Wildman–Crippen MR) is 119 cm³/mol. The van der Waals surface area contributed by atoms with Crippen molar-refractivity contribution in [3.63, 3.8) is 0 Å². The minimum atomic E-state index is -0.738. The van der Waals surface area contributed by atoms with Crippen LogP contribution in [0.1, 0.15) is 17.3 Å². The Kier molecular flexibility index (Phi) is 6.60. The second kappa shape index (κ2) is 9.58. The van der Waals surface area contributed by atoms with Crippen LogP contribution in [0.15, 0.2) is 42.5 Å². The number of nitrogens with zero attached hydrogens (tertiary/aromatic N) is 3. The van der Waals surface area contributed by atoms with Gasteiger partial charge in [-0.15, -0.1) is 0 Å². The molecule has 174 valence electrons. The minimum Gasteiger partial charge on any atom is -0.485 e. The average molecular weight is 455 g/mol. The van der Waals surface area contributed by atoms with Crippen LogP contribution in [0.5, 0.6) is 11.5 Å². The number of amides is 2. The number of fused-ring (bicyclic) bond motifs is 1. The summed E-state index contributed by atoms with van der Waals surface area (Å²) in [6.45, 7) is 3.96. The van der Waals surface area contributed by atoms with Crippen LogP contribution in [0.25, 0.3) is 0 Å². The predicted octanol–water partition coefficient (Wildman–Crippen LogP) is 1.98. The van der Waals surface area contributed by atoms with E-state index in [1.807, 2.05) is 7.05 Å². The van der Waals surface area contributed by atoms with Gasteiger partial charge in [0.1, 0.15) is 23.4 Å². The van der Waals surface area contributed by atoms with Crippen molar-refractivity contribution in [2.75, 3.05) is 51.3 Å². The summed E-state index contributed by atoms with van der Waals surface area (Å²) in [5.41, 5.74) is 0.672. The number of anilines is 1. The molecule has 2 amide bonds. The third-order valence-corrected chi connectivity index (χ3v) is 5.89. The van der Waals surface area contributed by atoms with E-state index in [4.69, 9.17) is 9.47 Å². The number of carbonyl (C=O) groups is 3. The van der Waals surface area contributed by atoms with Gasteiger partial charge >= 0.3 is 0 Å². The van der Waals surface area contributed by atoms with Crippen molar-refractivity contribution in [3.8, 4) is 11.5 Å². The Morgan fingerprint density at radius 3 is 2.61 bits per heavy atom. The lowest BCUT2D eigenvalue weighted by molar-refractivity contribution is -0.136. The zero-order valence-corrected chi connectivity index (χ0v) is 18.6. The molecule has 0 aromatic heterocycles. The number of likely N-dealkylation sites (N-methyl/N-ethyl adjacent to an activating group) is 1. The standard InChI is InChI=1S/C24H26FN3O5/c1-16(24(31)27-10-8-26(2)9-11-27)28-20-12-17(6-7-22(20)33-15-23(28)30)21(29)14-32-19-5-3-4-18(25)13-19/h3-7,12-13,16H,8-11,14-15H2,1-2H3/t16-/m0/s1. The van der Waals surface area contributed by atoms with Gasteiger partial charge < -0.3 is 19.3 Å². The summed E-state index contributed by atoms with van der Waals surface area (Å²) < 4.78 is 24.3. The molecular formula is C24H26FN3O5. The Hall–Kier alpha value is -3.46. The number of Topliss-reactive ketones (excluding diaryl/α,β-unsaturated/α-hetero) is 1. The number of benzene rings is 2. The number of ketones is 1. The van der Waals surface area contributed by atoms with Crippen molar-refractivity contribution < 1.29 is 28.2 Å². The molecule has 4 rings (SSSR count). The van der Waals surface area contributed by atoms with Crippen molar-refractivity contribution >= 4 is 23.3 Å². The third-order valence-electron chi connectivity index (χ3n) is 5.89. The van der Waals surface area contributed by atoms with Gasteiger partial charge in [0.15, 0.2) is 19.0 Å². The Morgan fingerprint density at radius 2 is 1.88 bits per heavy atom. The second-order valence-electron chi connectivity index (χ2n) is 8.21. The van der Waals surface area contributed by atoms with E-state index in [1.54, 1.807) is 30.0 Å². The number of rotatable bonds is 6. The maximum atomic E-state index is 13.3. The first-order chi connectivity index (χ1) is 15.8. The Labute approximate surface area is 191 Å². The summed E-state index contributed by atoms with van der Waals surface area (Å²) >= 11 is 0. The first kappa shape index (κ1) is 22.7. The SMILES string of the molecule is C[C@@H](C(=O)N1CCN(C)CC1)N1C(=O)COc2ccc(C(=O)COc3cccc(F)c3)cc21. The monoisotopic (exact) mass is 455 g/mol. The summed E-state index contributed by atoms with van der Waals surface area (Å²) in [5.74, 6) is -0.631. The highest BCUT2D eigenvalue weighted by Gasteiger charge is 2.36. The second-order valence-corrected chi connectivity index (χ2v) is 8.21. The van der Waals surface area contributed by atoms with E-state index in [0.29, 0.717) is 30.1 Å². The van der Waals surface area contributed by atoms with Gasteiger partial charge in [0, 0.05) is 37.8 Å². The molecule has 2 aliphatic heterocycles. The highest BCUT2D eigenvalue weighted by Crippen LogP contribution is 2.35. The van der Waals surface area contributed by atoms with E-state index in [0.717, 1.165) is 13.1 Å². The molecule has 33 heavy (non-hydrogen) atoms. The molecule has 0 bridgehead atoms. The summed E-state index contributed by atoms with van der Waals surface area (Å²) in [6, 6.07) is 9.52. The van der Waals surface area contributed by atoms with E-state index in [1.165, 1.54) is 29.2 Å². The van der Waals surface area contributed by atoms with Crippen LogP contribution in [-0.4, -0.2) is 79.9 Å². The van der Waals surface area contributed by atoms with Crippen LogP contribution in [0.3, 0.4) is 0 Å². The fourth-order valence-corrected chi connectivity index (χ4v) is 3.96. The molecule has 2 heterocycles. The largest absolute Gasteiger partial charge is 0.485 e. The molecular weight excluding hydrogens is 429 g/mol. The van der Waals surface area contributed by atoms with Gasteiger partial charge in [-0.2, -0.15) is 0 Å². The van der Waals surface area contributed by atoms with Gasteiger partial charge in [-0.1, -0.05) is 6.07 Å². The third kappa shape index (κ3) is 4.98. The van der Waals surface area contributed by atoms with Gasteiger partial charge in [-0.25, -0.2) is 4.39 Å². The smallest absolute Gasteiger partial charge is 0.265 e. The Balaban J connectivity index is 1.52. The van der Waals surface area contributed by atoms with Crippen LogP contribution >= 0.6 is 0 Å². The number of halogens is 1. The molecule has 0 unspecified atom stereocenters. The van der Waals surface area contributed by atoms with E-state index in [-0.39, 0.29) is 36.6 Å². The molecule has 0 spiro atoms. The minimum absolute atomic E-state index is 0.143. The highest BCUT2D eigenvalue weighted by atomic mass is 19.1. The zero-order chi connectivity index (χ0) is 23.5. The number of hydrogen-bond acceptors (Lipinski definition) is 6. The van der Waals surface area contributed by atoms with E-state index in [9.17, 15) is 18.8 Å². The molecule has 2 aromatic rings. The highest BCUT2D eigenvalue weighted by molar-refractivity contribution is 6.05. The fourth-order valence-electron chi connectivity index (χ4n) is 3.96. The molecule has 0 saturated carbocycles. The van der Waals surface area contributed by atoms with Gasteiger partial charge in [-0.05, 0) is 44.3 Å². The topological polar surface area (TPSA) is 79.4 Å². The molecule has 1 fully saturated rings. The number of piperazine rings is 1. The zero-order valence-electron chi connectivity index (χ0n) is 18.6. The van der Waals surface area contributed by atoms with Crippen molar-refractivity contribution in [2.45, 2.75) is 13.0 Å². The quantitative estimate of drug-likeness (QED) is 0.620. The normalized spacial score (nSPS) is 17.2. The van der Waals surface area contributed by atoms with Gasteiger partial charge in [-0.3, -0.25) is 19.3 Å². The molecule has 8 nitrogen and oxygen atoms in total. The van der Waals surface area contributed by atoms with E-state index < -0.39 is 11.9 Å². The maximum Gasteiger partial charge on any atom is 0.265 e. The van der Waals surface area contributed by atoms with Crippen molar-refractivity contribution in [1.29, 1.82) is 0 Å². The van der Waals surface area contributed by atoms with Crippen LogP contribution in [0.4, 0.5) is 10.1 Å². The number of hydrogen-bond donors (Lipinski definition) is 0. The first-order valence-corrected chi connectivity index (χ1v) is 10.8. The molecule has 0 N–H and O–H groups in total.